The number of alkyl halides is 3. The maximum atomic E-state index is 15.0. The largest absolute Gasteiger partial charge is 0.573 e. The van der Waals surface area contributed by atoms with Crippen molar-refractivity contribution in [1.82, 2.24) is 0 Å². The lowest BCUT2D eigenvalue weighted by Gasteiger charge is -2.28. The predicted molar refractivity (Wildman–Crippen MR) is 107 cm³/mol. The number of nitro groups is 1. The predicted octanol–water partition coefficient (Wildman–Crippen LogP) is 3.79. The fourth-order valence-electron chi connectivity index (χ4n) is 4.15. The van der Waals surface area contributed by atoms with E-state index in [4.69, 9.17) is 0 Å². The molecule has 4 rings (SSSR count). The number of carbonyl (C=O) groups excluding carboxylic acids is 2. The second-order valence-electron chi connectivity index (χ2n) is 7.60. The Bertz CT molecular complexity index is 1300. The van der Waals surface area contributed by atoms with Gasteiger partial charge in [0, 0.05) is 16.9 Å². The van der Waals surface area contributed by atoms with Crippen molar-refractivity contribution in [3.63, 3.8) is 0 Å². The van der Waals surface area contributed by atoms with E-state index in [0.29, 0.717) is 0 Å². The van der Waals surface area contributed by atoms with Crippen LogP contribution in [0, 0.1) is 33.2 Å². The monoisotopic (exact) mass is 475 g/mol. The summed E-state index contributed by atoms with van der Waals surface area (Å²) in [6, 6.07) is 8.64. The molecule has 8 nitrogen and oxygen atoms in total. The van der Waals surface area contributed by atoms with Crippen molar-refractivity contribution in [3.05, 3.63) is 69.5 Å². The number of ether oxygens (including phenoxy) is 1. The fraction of sp³-hybridized carbons (Fsp3) is 0.227. The summed E-state index contributed by atoms with van der Waals surface area (Å²) < 4.78 is 56.3. The van der Waals surface area contributed by atoms with Crippen LogP contribution in [-0.2, 0) is 9.59 Å². The topological polar surface area (TPSA) is 114 Å². The summed E-state index contributed by atoms with van der Waals surface area (Å²) in [5.74, 6) is -4.27. The van der Waals surface area contributed by atoms with E-state index in [0.717, 1.165) is 23.1 Å². The van der Waals surface area contributed by atoms with E-state index in [2.05, 4.69) is 4.74 Å². The number of Topliss-reactive ketones (excluding diaryl/α,β-unsaturated/α-hetero) is 1. The van der Waals surface area contributed by atoms with E-state index in [-0.39, 0.29) is 34.4 Å². The van der Waals surface area contributed by atoms with Gasteiger partial charge in [0.25, 0.3) is 5.91 Å². The van der Waals surface area contributed by atoms with Gasteiger partial charge in [-0.3, -0.25) is 24.6 Å². The summed E-state index contributed by atoms with van der Waals surface area (Å²) in [4.78, 5) is 37.0. The molecule has 0 radical (unpaired) electrons. The average molecular weight is 475 g/mol. The Labute approximate surface area is 188 Å². The van der Waals surface area contributed by atoms with Crippen LogP contribution in [0.5, 0.6) is 5.75 Å². The molecule has 1 aliphatic heterocycles. The highest BCUT2D eigenvalue weighted by molar-refractivity contribution is 6.20. The van der Waals surface area contributed by atoms with Crippen molar-refractivity contribution in [2.24, 2.45) is 5.92 Å². The summed E-state index contributed by atoms with van der Waals surface area (Å²) in [7, 11) is 0. The zero-order valence-electron chi connectivity index (χ0n) is 17.0. The van der Waals surface area contributed by atoms with E-state index >= 15 is 4.39 Å². The van der Waals surface area contributed by atoms with Crippen LogP contribution in [0.3, 0.4) is 0 Å². The first-order chi connectivity index (χ1) is 16.0. The van der Waals surface area contributed by atoms with E-state index in [1.807, 2.05) is 0 Å². The van der Waals surface area contributed by atoms with Gasteiger partial charge in [0.15, 0.2) is 5.78 Å². The maximum Gasteiger partial charge on any atom is 0.573 e. The smallest absolute Gasteiger partial charge is 0.406 e. The lowest BCUT2D eigenvalue weighted by molar-refractivity contribution is -0.511. The zero-order valence-corrected chi connectivity index (χ0v) is 17.0. The molecule has 12 heteroatoms. The van der Waals surface area contributed by atoms with Crippen LogP contribution < -0.4 is 9.64 Å². The minimum Gasteiger partial charge on any atom is -0.406 e. The number of hydrogen-bond donors (Lipinski definition) is 0. The summed E-state index contributed by atoms with van der Waals surface area (Å²) in [5.41, 5.74) is -0.559. The number of anilines is 1. The fourth-order valence-corrected chi connectivity index (χ4v) is 4.15. The number of nitriles is 1. The van der Waals surface area contributed by atoms with Crippen LogP contribution >= 0.6 is 0 Å². The highest BCUT2D eigenvalue weighted by atomic mass is 19.4. The molecule has 0 saturated carbocycles. The number of nitrogens with zero attached hydrogens (tertiary/aromatic N) is 3. The maximum absolute atomic E-state index is 15.0. The Morgan fingerprint density at radius 1 is 1.12 bits per heavy atom. The van der Waals surface area contributed by atoms with Crippen molar-refractivity contribution >= 4 is 17.4 Å². The molecular weight excluding hydrogens is 462 g/mol. The second kappa shape index (κ2) is 8.26. The van der Waals surface area contributed by atoms with Crippen LogP contribution in [0.15, 0.2) is 53.6 Å². The number of hydrogen-bond acceptors (Lipinski definition) is 6. The SMILES string of the molecule is N#CC1CC([N+](=O)[O-])C2=C1C(=O)N(c1ccc(-c3cccc(OC(F)(F)F)c3)cc1F)CC2=O. The van der Waals surface area contributed by atoms with Crippen molar-refractivity contribution in [2.75, 3.05) is 11.4 Å². The molecule has 0 saturated heterocycles. The normalized spacial score (nSPS) is 20.3. The third kappa shape index (κ3) is 4.07. The van der Waals surface area contributed by atoms with Crippen molar-refractivity contribution in [3.8, 4) is 22.9 Å². The third-order valence-corrected chi connectivity index (χ3v) is 5.56. The van der Waals surface area contributed by atoms with Crippen molar-refractivity contribution in [2.45, 2.75) is 18.8 Å². The minimum absolute atomic E-state index is 0.175. The third-order valence-electron chi connectivity index (χ3n) is 5.56. The number of benzene rings is 2. The zero-order chi connectivity index (χ0) is 24.8. The van der Waals surface area contributed by atoms with E-state index in [1.165, 1.54) is 24.3 Å². The molecule has 1 aliphatic carbocycles. The standard InChI is InChI=1S/C22H13F4N3O5/c23-15-7-12(11-2-1-3-14(6-11)34-22(24,25)26)4-5-16(15)28-10-18(30)20-17(29(32)33)8-13(9-27)19(20)21(28)31/h1-7,13,17H,8,10H2. The molecule has 174 valence electrons. The van der Waals surface area contributed by atoms with Crippen LogP contribution in [0.25, 0.3) is 11.1 Å². The van der Waals surface area contributed by atoms with Gasteiger partial charge in [0.2, 0.25) is 6.04 Å². The Hall–Kier alpha value is -4.27. The molecule has 0 aromatic heterocycles. The molecule has 34 heavy (non-hydrogen) atoms. The molecular formula is C22H13F4N3O5. The number of rotatable bonds is 4. The first-order valence-corrected chi connectivity index (χ1v) is 9.78. The van der Waals surface area contributed by atoms with E-state index < -0.39 is 53.0 Å². The Morgan fingerprint density at radius 3 is 2.44 bits per heavy atom. The van der Waals surface area contributed by atoms with Gasteiger partial charge in [-0.25, -0.2) is 4.39 Å². The summed E-state index contributed by atoms with van der Waals surface area (Å²) in [6.45, 7) is -0.647. The molecule has 1 heterocycles. The van der Waals surface area contributed by atoms with Crippen molar-refractivity contribution in [1.29, 1.82) is 5.26 Å². The van der Waals surface area contributed by atoms with Gasteiger partial charge in [-0.2, -0.15) is 5.26 Å². The Morgan fingerprint density at radius 2 is 1.82 bits per heavy atom. The summed E-state index contributed by atoms with van der Waals surface area (Å²) >= 11 is 0. The van der Waals surface area contributed by atoms with Gasteiger partial charge in [-0.15, -0.1) is 13.2 Å². The Kier molecular flexibility index (Phi) is 5.56. The quantitative estimate of drug-likeness (QED) is 0.378. The number of halogens is 4. The molecule has 2 aliphatic rings. The van der Waals surface area contributed by atoms with Crippen LogP contribution in [0.4, 0.5) is 23.2 Å². The Balaban J connectivity index is 1.67. The van der Waals surface area contributed by atoms with Gasteiger partial charge >= 0.3 is 6.36 Å². The molecule has 2 aromatic carbocycles. The van der Waals surface area contributed by atoms with E-state index in [9.17, 15) is 38.1 Å². The average Bonchev–Trinajstić information content (AvgIpc) is 3.16. The molecule has 0 bridgehead atoms. The number of amides is 1. The van der Waals surface area contributed by atoms with Gasteiger partial charge in [0.1, 0.15) is 11.6 Å². The second-order valence-corrected chi connectivity index (χ2v) is 7.60. The molecule has 0 fully saturated rings. The highest BCUT2D eigenvalue weighted by Gasteiger charge is 2.51. The molecule has 2 unspecified atom stereocenters. The molecule has 2 aromatic rings. The van der Waals surface area contributed by atoms with Crippen LogP contribution in [-0.4, -0.2) is 35.6 Å². The summed E-state index contributed by atoms with van der Waals surface area (Å²) in [6.07, 6.45) is -5.23. The van der Waals surface area contributed by atoms with Gasteiger partial charge < -0.3 is 4.74 Å². The van der Waals surface area contributed by atoms with Crippen LogP contribution in [0.2, 0.25) is 0 Å². The van der Waals surface area contributed by atoms with Gasteiger partial charge in [-0.1, -0.05) is 18.2 Å². The molecule has 0 spiro atoms. The number of carbonyl (C=O) groups is 2. The molecule has 0 N–H and O–H groups in total. The first-order valence-electron chi connectivity index (χ1n) is 9.78. The highest BCUT2D eigenvalue weighted by Crippen LogP contribution is 2.40. The van der Waals surface area contributed by atoms with Gasteiger partial charge in [0.05, 0.1) is 29.8 Å². The van der Waals surface area contributed by atoms with Crippen molar-refractivity contribution < 1.29 is 36.8 Å². The molecule has 2 atom stereocenters. The first kappa shape index (κ1) is 22.9. The lowest BCUT2D eigenvalue weighted by Crippen LogP contribution is -2.44. The minimum atomic E-state index is -4.90. The van der Waals surface area contributed by atoms with E-state index in [1.54, 1.807) is 6.07 Å². The van der Waals surface area contributed by atoms with Gasteiger partial charge in [-0.05, 0) is 35.4 Å². The number of ketones is 1. The lowest BCUT2D eigenvalue weighted by atomic mass is 9.94. The van der Waals surface area contributed by atoms with Crippen LogP contribution in [0.1, 0.15) is 6.42 Å². The molecule has 1 amide bonds. The summed E-state index contributed by atoms with van der Waals surface area (Å²) in [5, 5.41) is 20.6.